The number of hydrogen-bond acceptors (Lipinski definition) is 2. The topological polar surface area (TPSA) is 28.8 Å². The van der Waals surface area contributed by atoms with Crippen molar-refractivity contribution in [3.63, 3.8) is 0 Å². The second kappa shape index (κ2) is 3.83. The average Bonchev–Trinajstić information content (AvgIpc) is 2.44. The molecule has 78 valence electrons. The Morgan fingerprint density at radius 2 is 1.80 bits per heavy atom. The van der Waals surface area contributed by atoms with E-state index >= 15 is 0 Å². The van der Waals surface area contributed by atoms with E-state index in [2.05, 4.69) is 0 Å². The van der Waals surface area contributed by atoms with Crippen molar-refractivity contribution in [2.24, 2.45) is 0 Å². The van der Waals surface area contributed by atoms with Gasteiger partial charge in [0.1, 0.15) is 0 Å². The molecule has 0 radical (unpaired) electrons. The summed E-state index contributed by atoms with van der Waals surface area (Å²) in [7, 11) is 0. The van der Waals surface area contributed by atoms with Crippen LogP contribution in [-0.2, 0) is 0 Å². The van der Waals surface area contributed by atoms with E-state index in [1.807, 2.05) is 42.7 Å². The Bertz CT molecular complexity index is 537. The first-order valence-electron chi connectivity index (χ1n) is 4.59. The highest BCUT2D eigenvalue weighted by molar-refractivity contribution is 7.09. The standard InChI is InChI=1S/C11H11ClN2S/c1-7-8(2)15-11(13)14(7)10-5-3-9(12)4-6-10/h3-6,13H,1-2H3. The molecule has 0 atom stereocenters. The minimum Gasteiger partial charge on any atom is -0.290 e. The van der Waals surface area contributed by atoms with E-state index in [9.17, 15) is 0 Å². The van der Waals surface area contributed by atoms with Crippen LogP contribution >= 0.6 is 22.9 Å². The van der Waals surface area contributed by atoms with Gasteiger partial charge in [0.2, 0.25) is 0 Å². The highest BCUT2D eigenvalue weighted by Crippen LogP contribution is 2.17. The smallest absolute Gasteiger partial charge is 0.186 e. The molecule has 1 aromatic heterocycles. The van der Waals surface area contributed by atoms with Crippen LogP contribution in [0.2, 0.25) is 5.02 Å². The first kappa shape index (κ1) is 10.5. The zero-order valence-corrected chi connectivity index (χ0v) is 10.1. The van der Waals surface area contributed by atoms with Crippen molar-refractivity contribution in [1.82, 2.24) is 4.57 Å². The van der Waals surface area contributed by atoms with E-state index in [4.69, 9.17) is 17.0 Å². The molecule has 0 spiro atoms. The Hall–Kier alpha value is -1.06. The molecule has 0 bridgehead atoms. The molecular formula is C11H11ClN2S. The fourth-order valence-electron chi connectivity index (χ4n) is 1.48. The van der Waals surface area contributed by atoms with Crippen LogP contribution < -0.4 is 4.80 Å². The molecule has 0 aliphatic carbocycles. The van der Waals surface area contributed by atoms with Crippen molar-refractivity contribution >= 4 is 22.9 Å². The van der Waals surface area contributed by atoms with Gasteiger partial charge in [0, 0.05) is 21.3 Å². The molecule has 1 N–H and O–H groups in total. The summed E-state index contributed by atoms with van der Waals surface area (Å²) >= 11 is 7.32. The quantitative estimate of drug-likeness (QED) is 0.790. The minimum atomic E-state index is 0.548. The Labute approximate surface area is 97.3 Å². The Kier molecular flexibility index (Phi) is 2.67. The maximum Gasteiger partial charge on any atom is 0.186 e. The molecule has 4 heteroatoms. The highest BCUT2D eigenvalue weighted by atomic mass is 35.5. The van der Waals surface area contributed by atoms with Gasteiger partial charge < -0.3 is 0 Å². The summed E-state index contributed by atoms with van der Waals surface area (Å²) in [5.41, 5.74) is 2.11. The van der Waals surface area contributed by atoms with Gasteiger partial charge in [0.25, 0.3) is 0 Å². The van der Waals surface area contributed by atoms with Gasteiger partial charge in [-0.1, -0.05) is 11.6 Å². The Balaban J connectivity index is 2.64. The number of benzene rings is 1. The summed E-state index contributed by atoms with van der Waals surface area (Å²) in [6, 6.07) is 7.55. The minimum absolute atomic E-state index is 0.548. The first-order valence-corrected chi connectivity index (χ1v) is 5.78. The summed E-state index contributed by atoms with van der Waals surface area (Å²) in [6.07, 6.45) is 0. The van der Waals surface area contributed by atoms with Crippen LogP contribution in [-0.4, -0.2) is 4.57 Å². The molecule has 2 aromatic rings. The van der Waals surface area contributed by atoms with Crippen molar-refractivity contribution in [3.8, 4) is 5.69 Å². The number of thiazole rings is 1. The van der Waals surface area contributed by atoms with Gasteiger partial charge in [-0.2, -0.15) is 0 Å². The summed E-state index contributed by atoms with van der Waals surface area (Å²) < 4.78 is 1.93. The van der Waals surface area contributed by atoms with Crippen molar-refractivity contribution in [3.05, 3.63) is 44.7 Å². The Morgan fingerprint density at radius 1 is 1.20 bits per heavy atom. The number of aryl methyl sites for hydroxylation is 1. The SMILES string of the molecule is Cc1sc(=N)n(-c2ccc(Cl)cc2)c1C. The molecular weight excluding hydrogens is 228 g/mol. The lowest BCUT2D eigenvalue weighted by molar-refractivity contribution is 0.928. The lowest BCUT2D eigenvalue weighted by Crippen LogP contribution is -2.11. The zero-order valence-electron chi connectivity index (χ0n) is 8.54. The van der Waals surface area contributed by atoms with Crippen molar-refractivity contribution < 1.29 is 0 Å². The van der Waals surface area contributed by atoms with E-state index < -0.39 is 0 Å². The summed E-state index contributed by atoms with van der Waals surface area (Å²) in [6.45, 7) is 4.06. The fourth-order valence-corrected chi connectivity index (χ4v) is 2.46. The first-order chi connectivity index (χ1) is 7.09. The molecule has 0 fully saturated rings. The number of rotatable bonds is 1. The predicted molar refractivity (Wildman–Crippen MR) is 64.0 cm³/mol. The fraction of sp³-hybridized carbons (Fsp3) is 0.182. The molecule has 2 nitrogen and oxygen atoms in total. The van der Waals surface area contributed by atoms with E-state index in [0.717, 1.165) is 16.4 Å². The molecule has 15 heavy (non-hydrogen) atoms. The lowest BCUT2D eigenvalue weighted by Gasteiger charge is -2.05. The van der Waals surface area contributed by atoms with E-state index in [-0.39, 0.29) is 0 Å². The summed E-state index contributed by atoms with van der Waals surface area (Å²) in [4.78, 5) is 1.72. The van der Waals surface area contributed by atoms with E-state index in [1.54, 1.807) is 0 Å². The van der Waals surface area contributed by atoms with Gasteiger partial charge in [0.05, 0.1) is 0 Å². The van der Waals surface area contributed by atoms with Gasteiger partial charge in [-0.3, -0.25) is 9.98 Å². The molecule has 0 amide bonds. The maximum atomic E-state index is 7.87. The molecule has 0 saturated heterocycles. The van der Waals surface area contributed by atoms with Gasteiger partial charge in [-0.05, 0) is 38.1 Å². The molecule has 0 aliphatic rings. The van der Waals surface area contributed by atoms with Crippen molar-refractivity contribution in [2.45, 2.75) is 13.8 Å². The number of nitrogens with zero attached hydrogens (tertiary/aromatic N) is 1. The van der Waals surface area contributed by atoms with Crippen LogP contribution in [0.3, 0.4) is 0 Å². The van der Waals surface area contributed by atoms with Crippen LogP contribution in [0.4, 0.5) is 0 Å². The highest BCUT2D eigenvalue weighted by Gasteiger charge is 2.06. The van der Waals surface area contributed by atoms with Crippen LogP contribution in [0.1, 0.15) is 10.6 Å². The van der Waals surface area contributed by atoms with Gasteiger partial charge in [-0.25, -0.2) is 0 Å². The van der Waals surface area contributed by atoms with Crippen LogP contribution in [0.25, 0.3) is 5.69 Å². The lowest BCUT2D eigenvalue weighted by atomic mass is 10.3. The Morgan fingerprint density at radius 3 is 2.27 bits per heavy atom. The van der Waals surface area contributed by atoms with Gasteiger partial charge in [-0.15, -0.1) is 11.3 Å². The second-order valence-electron chi connectivity index (χ2n) is 3.36. The number of hydrogen-bond donors (Lipinski definition) is 1. The third kappa shape index (κ3) is 1.85. The zero-order chi connectivity index (χ0) is 11.0. The molecule has 0 aliphatic heterocycles. The number of nitrogens with one attached hydrogen (secondary N) is 1. The predicted octanol–water partition coefficient (Wildman–Crippen LogP) is 3.29. The van der Waals surface area contributed by atoms with Gasteiger partial charge >= 0.3 is 0 Å². The average molecular weight is 239 g/mol. The van der Waals surface area contributed by atoms with Gasteiger partial charge in [0.15, 0.2) is 4.80 Å². The number of halogens is 1. The normalized spacial score (nSPS) is 10.6. The van der Waals surface area contributed by atoms with Crippen LogP contribution in [0.15, 0.2) is 24.3 Å². The van der Waals surface area contributed by atoms with Crippen LogP contribution in [0.5, 0.6) is 0 Å². The monoisotopic (exact) mass is 238 g/mol. The second-order valence-corrected chi connectivity index (χ2v) is 5.00. The maximum absolute atomic E-state index is 7.87. The van der Waals surface area contributed by atoms with E-state index in [1.165, 1.54) is 16.2 Å². The van der Waals surface area contributed by atoms with Crippen LogP contribution in [0, 0.1) is 19.3 Å². The molecule has 2 rings (SSSR count). The molecule has 1 heterocycles. The molecule has 0 saturated carbocycles. The number of aromatic nitrogens is 1. The third-order valence-corrected chi connectivity index (χ3v) is 3.61. The summed E-state index contributed by atoms with van der Waals surface area (Å²) in [5, 5.41) is 8.59. The molecule has 0 unspecified atom stereocenters. The third-order valence-electron chi connectivity index (χ3n) is 2.38. The van der Waals surface area contributed by atoms with Crippen molar-refractivity contribution in [2.75, 3.05) is 0 Å². The molecule has 1 aromatic carbocycles. The van der Waals surface area contributed by atoms with E-state index in [0.29, 0.717) is 4.80 Å². The summed E-state index contributed by atoms with van der Waals surface area (Å²) in [5.74, 6) is 0. The van der Waals surface area contributed by atoms with Crippen molar-refractivity contribution in [1.29, 1.82) is 5.41 Å². The largest absolute Gasteiger partial charge is 0.290 e.